The van der Waals surface area contributed by atoms with Crippen LogP contribution in [0.4, 0.5) is 0 Å². The maximum absolute atomic E-state index is 4.42. The van der Waals surface area contributed by atoms with Gasteiger partial charge in [0.1, 0.15) is 0 Å². The number of benzene rings is 1. The first-order valence-corrected chi connectivity index (χ1v) is 8.33. The van der Waals surface area contributed by atoms with E-state index in [0.717, 1.165) is 37.2 Å². The Morgan fingerprint density at radius 2 is 2.00 bits per heavy atom. The van der Waals surface area contributed by atoms with E-state index >= 15 is 0 Å². The minimum Gasteiger partial charge on any atom is -0.351 e. The third-order valence-electron chi connectivity index (χ3n) is 4.49. The van der Waals surface area contributed by atoms with Gasteiger partial charge in [-0.3, -0.25) is 10.1 Å². The molecule has 0 atom stereocenters. The minimum atomic E-state index is 0. The number of rotatable bonds is 4. The van der Waals surface area contributed by atoms with Crippen molar-refractivity contribution in [1.82, 2.24) is 20.4 Å². The Hall–Kier alpha value is -1.57. The Bertz CT molecular complexity index is 604. The number of aliphatic imine (C=N–C) groups is 1. The van der Waals surface area contributed by atoms with Gasteiger partial charge in [0.2, 0.25) is 0 Å². The molecule has 130 valence electrons. The normalized spacial score (nSPS) is 15.9. The maximum Gasteiger partial charge on any atom is 0.193 e. The summed E-state index contributed by atoms with van der Waals surface area (Å²) in [4.78, 5) is 6.78. The number of halogens is 1. The lowest BCUT2D eigenvalue weighted by Crippen LogP contribution is -2.45. The van der Waals surface area contributed by atoms with Gasteiger partial charge >= 0.3 is 0 Å². The molecule has 3 rings (SSSR count). The fourth-order valence-electron chi connectivity index (χ4n) is 3.19. The second kappa shape index (κ2) is 9.66. The topological polar surface area (TPSA) is 56.3 Å². The monoisotopic (exact) mass is 439 g/mol. The average molecular weight is 439 g/mol. The predicted molar refractivity (Wildman–Crippen MR) is 109 cm³/mol. The molecule has 1 fully saturated rings. The quantitative estimate of drug-likeness (QED) is 0.438. The van der Waals surface area contributed by atoms with Crippen LogP contribution in [0.5, 0.6) is 0 Å². The highest BCUT2D eigenvalue weighted by molar-refractivity contribution is 14.0. The van der Waals surface area contributed by atoms with Crippen molar-refractivity contribution < 1.29 is 0 Å². The molecule has 0 saturated carbocycles. The number of aromatic nitrogens is 2. The van der Waals surface area contributed by atoms with Crippen LogP contribution in [0.2, 0.25) is 0 Å². The second-order valence-corrected chi connectivity index (χ2v) is 6.10. The molecule has 0 spiro atoms. The van der Waals surface area contributed by atoms with E-state index in [4.69, 9.17) is 0 Å². The zero-order valence-corrected chi connectivity index (χ0v) is 16.4. The Labute approximate surface area is 161 Å². The van der Waals surface area contributed by atoms with Crippen molar-refractivity contribution in [3.8, 4) is 0 Å². The van der Waals surface area contributed by atoms with E-state index in [1.165, 1.54) is 24.8 Å². The first-order chi connectivity index (χ1) is 11.3. The first-order valence-electron chi connectivity index (χ1n) is 8.33. The Morgan fingerprint density at radius 3 is 2.62 bits per heavy atom. The van der Waals surface area contributed by atoms with Crippen LogP contribution < -0.4 is 5.32 Å². The van der Waals surface area contributed by atoms with Gasteiger partial charge in [-0.2, -0.15) is 5.10 Å². The zero-order chi connectivity index (χ0) is 15.9. The Kier molecular flexibility index (Phi) is 7.55. The summed E-state index contributed by atoms with van der Waals surface area (Å²) in [5, 5.41) is 10.3. The fraction of sp³-hybridized carbons (Fsp3) is 0.444. The number of guanidine groups is 1. The van der Waals surface area contributed by atoms with Gasteiger partial charge in [0, 0.05) is 26.3 Å². The summed E-state index contributed by atoms with van der Waals surface area (Å²) in [5.74, 6) is 1.76. The van der Waals surface area contributed by atoms with E-state index in [2.05, 4.69) is 55.7 Å². The molecule has 1 aromatic heterocycles. The minimum absolute atomic E-state index is 0. The standard InChI is InChI=1S/C18H25N5.HI/c1-19-18(20-14-17-7-10-21-22-17)23-11-8-16(9-12-23)13-15-5-3-2-4-6-15;/h2-7,10,16H,8-9,11-14H2,1H3,(H,19,20)(H,21,22);1H. The molecule has 2 heterocycles. The van der Waals surface area contributed by atoms with Crippen LogP contribution in [-0.2, 0) is 13.0 Å². The van der Waals surface area contributed by atoms with Crippen LogP contribution in [0.3, 0.4) is 0 Å². The van der Waals surface area contributed by atoms with Gasteiger partial charge in [-0.05, 0) is 36.8 Å². The van der Waals surface area contributed by atoms with Crippen LogP contribution in [-0.4, -0.2) is 41.2 Å². The van der Waals surface area contributed by atoms with Crippen LogP contribution in [0.25, 0.3) is 0 Å². The smallest absolute Gasteiger partial charge is 0.193 e. The lowest BCUT2D eigenvalue weighted by molar-refractivity contribution is 0.259. The summed E-state index contributed by atoms with van der Waals surface area (Å²) in [6.45, 7) is 2.87. The molecule has 5 nitrogen and oxygen atoms in total. The van der Waals surface area contributed by atoms with Crippen molar-refractivity contribution in [3.05, 3.63) is 53.9 Å². The third-order valence-corrected chi connectivity index (χ3v) is 4.49. The highest BCUT2D eigenvalue weighted by atomic mass is 127. The highest BCUT2D eigenvalue weighted by Gasteiger charge is 2.21. The van der Waals surface area contributed by atoms with Crippen molar-refractivity contribution in [2.45, 2.75) is 25.8 Å². The molecule has 1 aliphatic rings. The van der Waals surface area contributed by atoms with E-state index in [0.29, 0.717) is 0 Å². The van der Waals surface area contributed by atoms with Gasteiger partial charge in [0.25, 0.3) is 0 Å². The first kappa shape index (κ1) is 18.8. The summed E-state index contributed by atoms with van der Waals surface area (Å²) in [5.41, 5.74) is 2.53. The van der Waals surface area contributed by atoms with Crippen molar-refractivity contribution in [2.75, 3.05) is 20.1 Å². The SMILES string of the molecule is CN=C(NCc1ccn[nH]1)N1CCC(Cc2ccccc2)CC1.I. The van der Waals surface area contributed by atoms with Crippen molar-refractivity contribution in [3.63, 3.8) is 0 Å². The summed E-state index contributed by atoms with van der Waals surface area (Å²) < 4.78 is 0. The summed E-state index contributed by atoms with van der Waals surface area (Å²) in [7, 11) is 1.85. The van der Waals surface area contributed by atoms with Gasteiger partial charge in [-0.25, -0.2) is 0 Å². The lowest BCUT2D eigenvalue weighted by Gasteiger charge is -2.34. The van der Waals surface area contributed by atoms with Crippen molar-refractivity contribution >= 4 is 29.9 Å². The van der Waals surface area contributed by atoms with E-state index in [-0.39, 0.29) is 24.0 Å². The third kappa shape index (κ3) is 5.22. The molecule has 0 unspecified atom stereocenters. The lowest BCUT2D eigenvalue weighted by atomic mass is 9.90. The van der Waals surface area contributed by atoms with Crippen LogP contribution in [0, 0.1) is 5.92 Å². The molecule has 6 heteroatoms. The second-order valence-electron chi connectivity index (χ2n) is 6.10. The van der Waals surface area contributed by atoms with Gasteiger partial charge in [-0.15, -0.1) is 24.0 Å². The Morgan fingerprint density at radius 1 is 1.25 bits per heavy atom. The number of H-pyrrole nitrogens is 1. The van der Waals surface area contributed by atoms with E-state index in [9.17, 15) is 0 Å². The van der Waals surface area contributed by atoms with Gasteiger partial charge in [0.15, 0.2) is 5.96 Å². The van der Waals surface area contributed by atoms with Crippen LogP contribution in [0.15, 0.2) is 47.6 Å². The highest BCUT2D eigenvalue weighted by Crippen LogP contribution is 2.21. The van der Waals surface area contributed by atoms with Crippen molar-refractivity contribution in [2.24, 2.45) is 10.9 Å². The van der Waals surface area contributed by atoms with E-state index in [1.807, 2.05) is 13.1 Å². The molecule has 0 bridgehead atoms. The van der Waals surface area contributed by atoms with Gasteiger partial charge < -0.3 is 10.2 Å². The molecular weight excluding hydrogens is 413 g/mol. The molecule has 0 amide bonds. The molecule has 0 aliphatic carbocycles. The number of hydrogen-bond acceptors (Lipinski definition) is 2. The number of nitrogens with zero attached hydrogens (tertiary/aromatic N) is 3. The molecular formula is C18H26IN5. The maximum atomic E-state index is 4.42. The fourth-order valence-corrected chi connectivity index (χ4v) is 3.19. The number of likely N-dealkylation sites (tertiary alicyclic amines) is 1. The number of aromatic amines is 1. The molecule has 1 aromatic carbocycles. The van der Waals surface area contributed by atoms with E-state index < -0.39 is 0 Å². The largest absolute Gasteiger partial charge is 0.351 e. The predicted octanol–water partition coefficient (Wildman–Crippen LogP) is 3.06. The number of hydrogen-bond donors (Lipinski definition) is 2. The molecule has 0 radical (unpaired) electrons. The molecule has 24 heavy (non-hydrogen) atoms. The van der Waals surface area contributed by atoms with Gasteiger partial charge in [0.05, 0.1) is 12.2 Å². The van der Waals surface area contributed by atoms with Crippen LogP contribution >= 0.6 is 24.0 Å². The molecule has 2 aromatic rings. The molecule has 1 aliphatic heterocycles. The average Bonchev–Trinajstić information content (AvgIpc) is 3.11. The number of piperidine rings is 1. The van der Waals surface area contributed by atoms with Crippen molar-refractivity contribution in [1.29, 1.82) is 0 Å². The molecule has 1 saturated heterocycles. The zero-order valence-electron chi connectivity index (χ0n) is 14.1. The van der Waals surface area contributed by atoms with Gasteiger partial charge in [-0.1, -0.05) is 30.3 Å². The number of nitrogens with one attached hydrogen (secondary N) is 2. The molecule has 2 N–H and O–H groups in total. The summed E-state index contributed by atoms with van der Waals surface area (Å²) in [6, 6.07) is 12.8. The summed E-state index contributed by atoms with van der Waals surface area (Å²) in [6.07, 6.45) is 5.41. The van der Waals surface area contributed by atoms with Crippen LogP contribution in [0.1, 0.15) is 24.1 Å². The Balaban J connectivity index is 0.00000208. The summed E-state index contributed by atoms with van der Waals surface area (Å²) >= 11 is 0. The van der Waals surface area contributed by atoms with E-state index in [1.54, 1.807) is 6.20 Å².